The van der Waals surface area contributed by atoms with Crippen LogP contribution in [0, 0.1) is 5.92 Å². The second-order valence-electron chi connectivity index (χ2n) is 4.81. The van der Waals surface area contributed by atoms with E-state index >= 15 is 0 Å². The molecule has 0 aromatic rings. The molecule has 0 aromatic carbocycles. The fourth-order valence-electron chi connectivity index (χ4n) is 1.56. The molecule has 3 nitrogen and oxygen atoms in total. The Labute approximate surface area is 113 Å². The van der Waals surface area contributed by atoms with E-state index in [1.54, 1.807) is 0 Å². The summed E-state index contributed by atoms with van der Waals surface area (Å²) in [6, 6.07) is 0. The number of nitrogens with one attached hydrogen (secondary N) is 1. The molecule has 17 heavy (non-hydrogen) atoms. The fraction of sp³-hybridized carbons (Fsp3) is 1.00. The molecule has 0 bridgehead atoms. The van der Waals surface area contributed by atoms with Gasteiger partial charge in [-0.05, 0) is 5.92 Å². The molecule has 0 spiro atoms. The topological polar surface area (TPSA) is 41.5 Å². The van der Waals surface area contributed by atoms with Crippen LogP contribution in [-0.2, 0) is 4.74 Å². The molecular weight excluding hydrogens is 254 g/mol. The van der Waals surface area contributed by atoms with E-state index in [0.717, 1.165) is 13.2 Å². The van der Waals surface area contributed by atoms with Crippen LogP contribution in [0.15, 0.2) is 0 Å². The maximum absolute atomic E-state index is 9.69. The minimum absolute atomic E-state index is 0.380. The third kappa shape index (κ3) is 8.32. The van der Waals surface area contributed by atoms with Crippen LogP contribution in [0.5, 0.6) is 0 Å². The maximum Gasteiger partial charge on any atom is 0.0897 e. The molecule has 0 aliphatic carbocycles. The number of aliphatic hydroxyl groups is 1. The lowest BCUT2D eigenvalue weighted by Crippen LogP contribution is -2.36. The first-order chi connectivity index (χ1) is 8.18. The van der Waals surface area contributed by atoms with Gasteiger partial charge in [-0.1, -0.05) is 13.8 Å². The molecular formula is C12H25NO2S2. The lowest BCUT2D eigenvalue weighted by Gasteiger charge is -2.22. The molecule has 1 rings (SSSR count). The Kier molecular flexibility index (Phi) is 8.74. The molecule has 0 saturated carbocycles. The number of rotatable bonds is 8. The Morgan fingerprint density at radius 3 is 2.82 bits per heavy atom. The van der Waals surface area contributed by atoms with Crippen molar-refractivity contribution in [3.05, 3.63) is 0 Å². The first-order valence-electron chi connectivity index (χ1n) is 6.34. The largest absolute Gasteiger partial charge is 0.389 e. The number of hydrogen-bond donors (Lipinski definition) is 2. The van der Waals surface area contributed by atoms with E-state index < -0.39 is 0 Å². The van der Waals surface area contributed by atoms with E-state index in [0.29, 0.717) is 24.3 Å². The molecule has 1 heterocycles. The van der Waals surface area contributed by atoms with Crippen LogP contribution in [0.2, 0.25) is 0 Å². The van der Waals surface area contributed by atoms with Gasteiger partial charge in [0.2, 0.25) is 0 Å². The normalized spacial score (nSPS) is 22.9. The Hall–Kier alpha value is 0.580. The predicted octanol–water partition coefficient (Wildman–Crippen LogP) is 1.46. The highest BCUT2D eigenvalue weighted by molar-refractivity contribution is 8.06. The highest BCUT2D eigenvalue weighted by Crippen LogP contribution is 2.23. The smallest absolute Gasteiger partial charge is 0.0897 e. The van der Waals surface area contributed by atoms with Gasteiger partial charge in [0.15, 0.2) is 0 Å². The molecule has 102 valence electrons. The van der Waals surface area contributed by atoms with Crippen molar-refractivity contribution in [1.82, 2.24) is 5.32 Å². The van der Waals surface area contributed by atoms with E-state index in [4.69, 9.17) is 4.74 Å². The average Bonchev–Trinajstić information content (AvgIpc) is 2.30. The van der Waals surface area contributed by atoms with Crippen LogP contribution < -0.4 is 5.32 Å². The summed E-state index contributed by atoms with van der Waals surface area (Å²) in [5.41, 5.74) is 0. The first-order valence-corrected chi connectivity index (χ1v) is 8.54. The van der Waals surface area contributed by atoms with Crippen molar-refractivity contribution in [3.8, 4) is 0 Å². The third-order valence-corrected chi connectivity index (χ3v) is 5.24. The van der Waals surface area contributed by atoms with Crippen LogP contribution in [0.3, 0.4) is 0 Å². The summed E-state index contributed by atoms with van der Waals surface area (Å²) in [7, 11) is 0. The van der Waals surface area contributed by atoms with Crippen LogP contribution in [0.4, 0.5) is 0 Å². The molecule has 2 unspecified atom stereocenters. The Balaban J connectivity index is 1.93. The van der Waals surface area contributed by atoms with Gasteiger partial charge >= 0.3 is 0 Å². The molecule has 1 fully saturated rings. The quantitative estimate of drug-likeness (QED) is 0.704. The predicted molar refractivity (Wildman–Crippen MR) is 78.1 cm³/mol. The van der Waals surface area contributed by atoms with Crippen molar-refractivity contribution in [3.63, 3.8) is 0 Å². The van der Waals surface area contributed by atoms with Crippen LogP contribution in [0.1, 0.15) is 13.8 Å². The summed E-state index contributed by atoms with van der Waals surface area (Å²) in [5, 5.41) is 13.7. The van der Waals surface area contributed by atoms with E-state index in [2.05, 4.69) is 19.2 Å². The maximum atomic E-state index is 9.69. The monoisotopic (exact) mass is 279 g/mol. The molecule has 0 amide bonds. The van der Waals surface area contributed by atoms with E-state index in [1.165, 1.54) is 17.3 Å². The summed E-state index contributed by atoms with van der Waals surface area (Å²) >= 11 is 4.07. The standard InChI is InChI=1S/C12H25NO2S2/c1-10(2)7-15-8-11(14)5-13-6-12-9-16-3-4-17-12/h10-14H,3-9H2,1-2H3. The number of hydrogen-bond acceptors (Lipinski definition) is 5. The zero-order chi connectivity index (χ0) is 12.5. The van der Waals surface area contributed by atoms with Gasteiger partial charge in [-0.3, -0.25) is 0 Å². The number of aliphatic hydroxyl groups excluding tert-OH is 1. The van der Waals surface area contributed by atoms with E-state index in [1.807, 2.05) is 23.5 Å². The van der Waals surface area contributed by atoms with Gasteiger partial charge in [0, 0.05) is 42.2 Å². The van der Waals surface area contributed by atoms with E-state index in [9.17, 15) is 5.11 Å². The van der Waals surface area contributed by atoms with Gasteiger partial charge < -0.3 is 15.2 Å². The van der Waals surface area contributed by atoms with Gasteiger partial charge in [0.1, 0.15) is 0 Å². The second-order valence-corrected chi connectivity index (χ2v) is 7.37. The SMILES string of the molecule is CC(C)COCC(O)CNCC1CSCCS1. The summed E-state index contributed by atoms with van der Waals surface area (Å²) in [6.45, 7) is 7.04. The highest BCUT2D eigenvalue weighted by Gasteiger charge is 2.14. The molecule has 2 N–H and O–H groups in total. The summed E-state index contributed by atoms with van der Waals surface area (Å²) in [6.07, 6.45) is -0.380. The van der Waals surface area contributed by atoms with Crippen molar-refractivity contribution in [2.24, 2.45) is 5.92 Å². The van der Waals surface area contributed by atoms with Gasteiger partial charge in [-0.15, -0.1) is 0 Å². The first kappa shape index (κ1) is 15.6. The second kappa shape index (κ2) is 9.50. The van der Waals surface area contributed by atoms with Crippen LogP contribution in [0.25, 0.3) is 0 Å². The highest BCUT2D eigenvalue weighted by atomic mass is 32.2. The van der Waals surface area contributed by atoms with Crippen molar-refractivity contribution in [1.29, 1.82) is 0 Å². The van der Waals surface area contributed by atoms with Gasteiger partial charge in [-0.2, -0.15) is 23.5 Å². The van der Waals surface area contributed by atoms with Crippen molar-refractivity contribution < 1.29 is 9.84 Å². The molecule has 0 aromatic heterocycles. The molecule has 2 atom stereocenters. The Morgan fingerprint density at radius 1 is 1.35 bits per heavy atom. The van der Waals surface area contributed by atoms with Gasteiger partial charge in [-0.25, -0.2) is 0 Å². The number of ether oxygens (including phenoxy) is 1. The Morgan fingerprint density at radius 2 is 2.18 bits per heavy atom. The van der Waals surface area contributed by atoms with Gasteiger partial charge in [0.05, 0.1) is 12.7 Å². The van der Waals surface area contributed by atoms with Crippen molar-refractivity contribution in [2.75, 3.05) is 43.6 Å². The average molecular weight is 279 g/mol. The molecule has 1 aliphatic rings. The molecule has 1 aliphatic heterocycles. The molecule has 1 saturated heterocycles. The van der Waals surface area contributed by atoms with Crippen LogP contribution >= 0.6 is 23.5 Å². The zero-order valence-electron chi connectivity index (χ0n) is 10.9. The minimum atomic E-state index is -0.380. The summed E-state index contributed by atoms with van der Waals surface area (Å²) in [5.74, 6) is 4.31. The Bertz CT molecular complexity index is 187. The molecule has 5 heteroatoms. The van der Waals surface area contributed by atoms with Crippen molar-refractivity contribution >= 4 is 23.5 Å². The van der Waals surface area contributed by atoms with Crippen molar-refractivity contribution in [2.45, 2.75) is 25.2 Å². The van der Waals surface area contributed by atoms with Crippen LogP contribution in [-0.4, -0.2) is 60.0 Å². The lowest BCUT2D eigenvalue weighted by atomic mass is 10.2. The minimum Gasteiger partial charge on any atom is -0.389 e. The summed E-state index contributed by atoms with van der Waals surface area (Å²) in [4.78, 5) is 0. The lowest BCUT2D eigenvalue weighted by molar-refractivity contribution is 0.0263. The fourth-order valence-corrected chi connectivity index (χ4v) is 4.21. The zero-order valence-corrected chi connectivity index (χ0v) is 12.5. The summed E-state index contributed by atoms with van der Waals surface area (Å²) < 4.78 is 5.40. The third-order valence-electron chi connectivity index (χ3n) is 2.40. The van der Waals surface area contributed by atoms with Gasteiger partial charge in [0.25, 0.3) is 0 Å². The number of thioether (sulfide) groups is 2. The molecule has 0 radical (unpaired) electrons. The van der Waals surface area contributed by atoms with E-state index in [-0.39, 0.29) is 6.10 Å².